The Morgan fingerprint density at radius 2 is 1.92 bits per heavy atom. The summed E-state index contributed by atoms with van der Waals surface area (Å²) in [4.78, 5) is 21.1. The number of carbonyl (C=O) groups excluding carboxylic acids is 1. The second-order valence-corrected chi connectivity index (χ2v) is 2.70. The third-order valence-corrected chi connectivity index (χ3v) is 1.93. The fourth-order valence-electron chi connectivity index (χ4n) is 1.32. The van der Waals surface area contributed by atoms with E-state index in [2.05, 4.69) is 0 Å². The van der Waals surface area contributed by atoms with Crippen molar-refractivity contribution in [2.45, 2.75) is 0 Å². The standard InChI is InChI=1S/C9H5NO3/c11-9-7-4-2-1-3-6(7)5-8(9)10(12)13/h1-5H. The minimum atomic E-state index is -0.650. The lowest BCUT2D eigenvalue weighted by atomic mass is 10.1. The molecule has 4 nitrogen and oxygen atoms in total. The molecule has 0 saturated heterocycles. The Kier molecular flexibility index (Phi) is 1.48. The lowest BCUT2D eigenvalue weighted by molar-refractivity contribution is -0.414. The molecule has 13 heavy (non-hydrogen) atoms. The van der Waals surface area contributed by atoms with Crippen LogP contribution in [0.15, 0.2) is 30.0 Å². The molecule has 2 rings (SSSR count). The molecule has 0 aromatic heterocycles. The summed E-state index contributed by atoms with van der Waals surface area (Å²) in [5, 5.41) is 10.4. The Morgan fingerprint density at radius 1 is 1.23 bits per heavy atom. The zero-order chi connectivity index (χ0) is 9.42. The van der Waals surface area contributed by atoms with Gasteiger partial charge in [0.25, 0.3) is 5.78 Å². The molecule has 1 aromatic rings. The van der Waals surface area contributed by atoms with Crippen molar-refractivity contribution in [2.24, 2.45) is 0 Å². The van der Waals surface area contributed by atoms with E-state index in [1.54, 1.807) is 24.3 Å². The van der Waals surface area contributed by atoms with Crippen molar-refractivity contribution in [2.75, 3.05) is 0 Å². The maximum Gasteiger partial charge on any atom is 0.317 e. The predicted octanol–water partition coefficient (Wildman–Crippen LogP) is 1.50. The first-order chi connectivity index (χ1) is 6.20. The molecule has 0 bridgehead atoms. The lowest BCUT2D eigenvalue weighted by Gasteiger charge is -1.92. The smallest absolute Gasteiger partial charge is 0.282 e. The van der Waals surface area contributed by atoms with E-state index in [-0.39, 0.29) is 5.70 Å². The van der Waals surface area contributed by atoms with Gasteiger partial charge in [-0.25, -0.2) is 0 Å². The highest BCUT2D eigenvalue weighted by molar-refractivity contribution is 6.16. The van der Waals surface area contributed by atoms with Crippen LogP contribution in [0.1, 0.15) is 15.9 Å². The van der Waals surface area contributed by atoms with Crippen molar-refractivity contribution < 1.29 is 9.72 Å². The van der Waals surface area contributed by atoms with Gasteiger partial charge >= 0.3 is 5.70 Å². The van der Waals surface area contributed by atoms with Gasteiger partial charge in [0.15, 0.2) is 0 Å². The number of benzene rings is 1. The van der Waals surface area contributed by atoms with Crippen molar-refractivity contribution in [3.8, 4) is 0 Å². The minimum Gasteiger partial charge on any atom is -0.282 e. The second-order valence-electron chi connectivity index (χ2n) is 2.70. The Labute approximate surface area is 73.6 Å². The van der Waals surface area contributed by atoms with Crippen molar-refractivity contribution in [3.05, 3.63) is 51.2 Å². The number of Topliss-reactive ketones (excluding diaryl/α,β-unsaturated/α-hetero) is 1. The van der Waals surface area contributed by atoms with E-state index in [9.17, 15) is 14.9 Å². The molecular weight excluding hydrogens is 170 g/mol. The average molecular weight is 175 g/mol. The summed E-state index contributed by atoms with van der Waals surface area (Å²) in [6.45, 7) is 0. The average Bonchev–Trinajstić information content (AvgIpc) is 2.45. The molecule has 0 atom stereocenters. The summed E-state index contributed by atoms with van der Waals surface area (Å²) in [7, 11) is 0. The number of ketones is 1. The van der Waals surface area contributed by atoms with Gasteiger partial charge in [-0.15, -0.1) is 0 Å². The fraction of sp³-hybridized carbons (Fsp3) is 0. The molecule has 0 radical (unpaired) electrons. The predicted molar refractivity (Wildman–Crippen MR) is 45.7 cm³/mol. The van der Waals surface area contributed by atoms with Gasteiger partial charge in [-0.05, 0) is 5.56 Å². The number of nitro groups is 1. The molecule has 0 N–H and O–H groups in total. The van der Waals surface area contributed by atoms with E-state index in [1.807, 2.05) is 0 Å². The van der Waals surface area contributed by atoms with Gasteiger partial charge in [-0.2, -0.15) is 0 Å². The van der Waals surface area contributed by atoms with Gasteiger partial charge in [-0.1, -0.05) is 24.3 Å². The number of fused-ring (bicyclic) bond motifs is 1. The molecule has 0 unspecified atom stereocenters. The number of carbonyl (C=O) groups is 1. The van der Waals surface area contributed by atoms with E-state index in [0.29, 0.717) is 11.1 Å². The Bertz CT molecular complexity index is 434. The van der Waals surface area contributed by atoms with Crippen molar-refractivity contribution in [1.82, 2.24) is 0 Å². The van der Waals surface area contributed by atoms with Crippen molar-refractivity contribution >= 4 is 11.9 Å². The van der Waals surface area contributed by atoms with Crippen LogP contribution in [0.4, 0.5) is 0 Å². The second kappa shape index (κ2) is 2.52. The maximum atomic E-state index is 11.3. The van der Waals surface area contributed by atoms with Crippen LogP contribution in [0.3, 0.4) is 0 Å². The number of hydrogen-bond acceptors (Lipinski definition) is 3. The monoisotopic (exact) mass is 175 g/mol. The number of hydrogen-bond donors (Lipinski definition) is 0. The molecule has 1 aliphatic rings. The van der Waals surface area contributed by atoms with Gasteiger partial charge in [0.05, 0.1) is 4.92 Å². The van der Waals surface area contributed by atoms with E-state index >= 15 is 0 Å². The van der Waals surface area contributed by atoms with Gasteiger partial charge in [0.2, 0.25) is 0 Å². The number of nitrogens with zero attached hydrogens (tertiary/aromatic N) is 1. The molecule has 0 fully saturated rings. The third-order valence-electron chi connectivity index (χ3n) is 1.93. The van der Waals surface area contributed by atoms with Crippen LogP contribution in [0, 0.1) is 10.1 Å². The number of allylic oxidation sites excluding steroid dienone is 1. The first kappa shape index (κ1) is 7.67. The van der Waals surface area contributed by atoms with E-state index in [0.717, 1.165) is 0 Å². The Hall–Kier alpha value is -1.97. The largest absolute Gasteiger partial charge is 0.317 e. The first-order valence-electron chi connectivity index (χ1n) is 3.70. The molecule has 1 aliphatic carbocycles. The summed E-state index contributed by atoms with van der Waals surface area (Å²) in [6.07, 6.45) is 1.30. The van der Waals surface area contributed by atoms with E-state index < -0.39 is 10.7 Å². The zero-order valence-corrected chi connectivity index (χ0v) is 6.56. The van der Waals surface area contributed by atoms with E-state index in [1.165, 1.54) is 6.08 Å². The first-order valence-corrected chi connectivity index (χ1v) is 3.70. The molecular formula is C9H5NO3. The topological polar surface area (TPSA) is 60.2 Å². The summed E-state index contributed by atoms with van der Waals surface area (Å²) < 4.78 is 0. The highest BCUT2D eigenvalue weighted by Crippen LogP contribution is 2.24. The zero-order valence-electron chi connectivity index (χ0n) is 6.56. The van der Waals surface area contributed by atoms with Crippen LogP contribution >= 0.6 is 0 Å². The third kappa shape index (κ3) is 1.03. The Morgan fingerprint density at radius 3 is 2.54 bits per heavy atom. The molecule has 64 valence electrons. The summed E-state index contributed by atoms with van der Waals surface area (Å²) in [5.41, 5.74) is 0.689. The lowest BCUT2D eigenvalue weighted by Crippen LogP contribution is -2.06. The van der Waals surface area contributed by atoms with Gasteiger partial charge in [-0.3, -0.25) is 14.9 Å². The Balaban J connectivity index is 2.57. The molecule has 0 saturated carbocycles. The highest BCUT2D eigenvalue weighted by Gasteiger charge is 2.30. The SMILES string of the molecule is O=C1C([N+](=O)[O-])=Cc2ccccc21. The molecule has 0 amide bonds. The number of rotatable bonds is 1. The fourth-order valence-corrected chi connectivity index (χ4v) is 1.32. The van der Waals surface area contributed by atoms with Crippen LogP contribution in [-0.4, -0.2) is 10.7 Å². The summed E-state index contributed by atoms with van der Waals surface area (Å²) in [6, 6.07) is 6.70. The van der Waals surface area contributed by atoms with Crippen LogP contribution < -0.4 is 0 Å². The molecule has 4 heteroatoms. The molecule has 1 aromatic carbocycles. The minimum absolute atomic E-state index is 0.346. The maximum absolute atomic E-state index is 11.3. The van der Waals surface area contributed by atoms with Crippen LogP contribution in [0.2, 0.25) is 0 Å². The highest BCUT2D eigenvalue weighted by atomic mass is 16.6. The van der Waals surface area contributed by atoms with Crippen molar-refractivity contribution in [1.29, 1.82) is 0 Å². The van der Waals surface area contributed by atoms with E-state index in [4.69, 9.17) is 0 Å². The summed E-state index contributed by atoms with van der Waals surface area (Å²) >= 11 is 0. The van der Waals surface area contributed by atoms with Crippen LogP contribution in [0.25, 0.3) is 6.08 Å². The van der Waals surface area contributed by atoms with Gasteiger partial charge < -0.3 is 0 Å². The summed E-state index contributed by atoms with van der Waals surface area (Å²) in [5.74, 6) is -0.499. The molecule has 0 spiro atoms. The molecule has 0 heterocycles. The van der Waals surface area contributed by atoms with Gasteiger partial charge in [0, 0.05) is 11.6 Å². The normalized spacial score (nSPS) is 13.8. The van der Waals surface area contributed by atoms with Gasteiger partial charge in [0.1, 0.15) is 0 Å². The van der Waals surface area contributed by atoms with Crippen LogP contribution in [-0.2, 0) is 0 Å². The quantitative estimate of drug-likeness (QED) is 0.480. The molecule has 0 aliphatic heterocycles. The van der Waals surface area contributed by atoms with Crippen LogP contribution in [0.5, 0.6) is 0 Å². The van der Waals surface area contributed by atoms with Crippen molar-refractivity contribution in [3.63, 3.8) is 0 Å².